The molecule has 0 fully saturated rings. The highest BCUT2D eigenvalue weighted by Crippen LogP contribution is 2.18. The van der Waals surface area contributed by atoms with Gasteiger partial charge in [0, 0.05) is 30.3 Å². The van der Waals surface area contributed by atoms with Crippen molar-refractivity contribution in [3.8, 4) is 0 Å². The number of nitrogens with zero attached hydrogens (tertiary/aromatic N) is 3. The maximum Gasteiger partial charge on any atom is 0.330 e. The van der Waals surface area contributed by atoms with Gasteiger partial charge >= 0.3 is 5.97 Å². The second-order valence-electron chi connectivity index (χ2n) is 6.42. The van der Waals surface area contributed by atoms with E-state index in [1.807, 2.05) is 41.9 Å². The first kappa shape index (κ1) is 17.7. The minimum Gasteiger partial charge on any atom is -0.461 e. The summed E-state index contributed by atoms with van der Waals surface area (Å²) in [6.07, 6.45) is 4.69. The minimum atomic E-state index is -0.808. The summed E-state index contributed by atoms with van der Waals surface area (Å²) >= 11 is 0. The number of para-hydroxylation sites is 1. The highest BCUT2D eigenvalue weighted by molar-refractivity contribution is 6.00. The summed E-state index contributed by atoms with van der Waals surface area (Å²) in [6.45, 7) is 3.80. The van der Waals surface area contributed by atoms with Gasteiger partial charge < -0.3 is 19.2 Å². The van der Waals surface area contributed by atoms with Gasteiger partial charge in [0.25, 0.3) is 5.91 Å². The van der Waals surface area contributed by atoms with E-state index < -0.39 is 12.0 Å². The fraction of sp³-hybridized carbons (Fsp3) is 0.316. The monoisotopic (exact) mass is 354 g/mol. The highest BCUT2D eigenvalue weighted by atomic mass is 16.5. The van der Waals surface area contributed by atoms with Crippen molar-refractivity contribution < 1.29 is 14.3 Å². The van der Waals surface area contributed by atoms with Crippen LogP contribution in [0.4, 0.5) is 0 Å². The van der Waals surface area contributed by atoms with Crippen LogP contribution in [0.5, 0.6) is 0 Å². The van der Waals surface area contributed by atoms with E-state index in [2.05, 4.69) is 10.3 Å². The second kappa shape index (κ2) is 7.43. The van der Waals surface area contributed by atoms with Crippen LogP contribution in [0, 0.1) is 0 Å². The number of rotatable bonds is 6. The van der Waals surface area contributed by atoms with E-state index in [0.29, 0.717) is 5.69 Å². The summed E-state index contributed by atoms with van der Waals surface area (Å²) in [5, 5.41) is 3.76. The summed E-state index contributed by atoms with van der Waals surface area (Å²) < 4.78 is 8.84. The number of amides is 1. The Morgan fingerprint density at radius 1 is 1.27 bits per heavy atom. The van der Waals surface area contributed by atoms with Crippen LogP contribution in [0.25, 0.3) is 10.9 Å². The molecule has 136 valence electrons. The van der Waals surface area contributed by atoms with Crippen molar-refractivity contribution >= 4 is 22.8 Å². The lowest BCUT2D eigenvalue weighted by molar-refractivity contribution is -0.150. The van der Waals surface area contributed by atoms with Gasteiger partial charge in [-0.1, -0.05) is 18.2 Å². The van der Waals surface area contributed by atoms with Gasteiger partial charge in [0.05, 0.1) is 19.0 Å². The van der Waals surface area contributed by atoms with Crippen molar-refractivity contribution in [1.82, 2.24) is 19.4 Å². The van der Waals surface area contributed by atoms with Crippen LogP contribution in [0.15, 0.2) is 49.1 Å². The fourth-order valence-corrected chi connectivity index (χ4v) is 2.84. The van der Waals surface area contributed by atoms with E-state index >= 15 is 0 Å². The van der Waals surface area contributed by atoms with Crippen molar-refractivity contribution in [3.05, 3.63) is 54.7 Å². The van der Waals surface area contributed by atoms with Crippen LogP contribution in [0.2, 0.25) is 0 Å². The number of ether oxygens (including phenoxy) is 1. The van der Waals surface area contributed by atoms with Gasteiger partial charge in [0.2, 0.25) is 0 Å². The lowest BCUT2D eigenvalue weighted by Crippen LogP contribution is -2.45. The van der Waals surface area contributed by atoms with Gasteiger partial charge in [0.15, 0.2) is 0 Å². The van der Waals surface area contributed by atoms with Gasteiger partial charge in [-0.25, -0.2) is 9.78 Å². The van der Waals surface area contributed by atoms with Crippen molar-refractivity contribution in [1.29, 1.82) is 0 Å². The molecular weight excluding hydrogens is 332 g/mol. The number of aromatic nitrogens is 3. The van der Waals surface area contributed by atoms with Crippen molar-refractivity contribution in [2.75, 3.05) is 0 Å². The molecule has 1 atom stereocenters. The summed E-state index contributed by atoms with van der Waals surface area (Å²) in [5.74, 6) is -0.796. The van der Waals surface area contributed by atoms with Gasteiger partial charge in [0.1, 0.15) is 11.7 Å². The summed E-state index contributed by atoms with van der Waals surface area (Å²) in [4.78, 5) is 29.2. The molecule has 1 aromatic carbocycles. The number of carbonyl (C=O) groups excluding carboxylic acids is 2. The highest BCUT2D eigenvalue weighted by Gasteiger charge is 2.25. The number of hydrogen-bond donors (Lipinski definition) is 1. The quantitative estimate of drug-likeness (QED) is 0.688. The molecule has 2 heterocycles. The minimum absolute atomic E-state index is 0.251. The van der Waals surface area contributed by atoms with E-state index in [1.54, 1.807) is 37.1 Å². The van der Waals surface area contributed by atoms with Crippen molar-refractivity contribution in [2.45, 2.75) is 32.5 Å². The largest absolute Gasteiger partial charge is 0.461 e. The Bertz CT molecular complexity index is 912. The molecule has 0 saturated heterocycles. The molecule has 0 aliphatic heterocycles. The topological polar surface area (TPSA) is 78.2 Å². The van der Waals surface area contributed by atoms with Crippen LogP contribution in [0.3, 0.4) is 0 Å². The van der Waals surface area contributed by atoms with Gasteiger partial charge in [-0.2, -0.15) is 0 Å². The van der Waals surface area contributed by atoms with E-state index in [1.165, 1.54) is 0 Å². The molecule has 7 nitrogen and oxygen atoms in total. The third-order valence-corrected chi connectivity index (χ3v) is 4.08. The summed E-state index contributed by atoms with van der Waals surface area (Å²) in [6, 6.07) is 8.74. The summed E-state index contributed by atoms with van der Waals surface area (Å²) in [5.41, 5.74) is 1.44. The molecule has 3 aromatic rings. The molecular formula is C19H22N4O3. The predicted molar refractivity (Wildman–Crippen MR) is 97.6 cm³/mol. The Balaban J connectivity index is 1.83. The third-order valence-electron chi connectivity index (χ3n) is 4.08. The average Bonchev–Trinajstić information content (AvgIpc) is 3.22. The number of imidazole rings is 1. The molecule has 2 aromatic heterocycles. The van der Waals surface area contributed by atoms with Crippen LogP contribution in [0.1, 0.15) is 24.3 Å². The standard InChI is InChI=1S/C19H22N4O3/c1-13(2)26-19(25)15(11-23-9-8-20-12-23)21-18(24)17-10-14-6-4-5-7-16(14)22(17)3/h4-10,12-13,15H,11H2,1-3H3,(H,21,24)/t15-/m0/s1. The summed E-state index contributed by atoms with van der Waals surface area (Å²) in [7, 11) is 1.83. The van der Waals surface area contributed by atoms with E-state index in [-0.39, 0.29) is 18.6 Å². The Hall–Kier alpha value is -3.09. The first-order valence-corrected chi connectivity index (χ1v) is 8.47. The first-order chi connectivity index (χ1) is 12.5. The molecule has 0 spiro atoms. The van der Waals surface area contributed by atoms with Crippen LogP contribution in [-0.4, -0.2) is 38.1 Å². The zero-order valence-electron chi connectivity index (χ0n) is 15.0. The second-order valence-corrected chi connectivity index (χ2v) is 6.42. The van der Waals surface area contributed by atoms with E-state index in [0.717, 1.165) is 10.9 Å². The Morgan fingerprint density at radius 3 is 2.69 bits per heavy atom. The Labute approximate surface area is 151 Å². The number of carbonyl (C=O) groups is 2. The lowest BCUT2D eigenvalue weighted by atomic mass is 10.2. The normalized spacial score (nSPS) is 12.3. The molecule has 0 aliphatic rings. The fourth-order valence-electron chi connectivity index (χ4n) is 2.84. The van der Waals surface area contributed by atoms with E-state index in [4.69, 9.17) is 4.74 Å². The molecule has 0 radical (unpaired) electrons. The van der Waals surface area contributed by atoms with Gasteiger partial charge in [-0.3, -0.25) is 4.79 Å². The SMILES string of the molecule is CC(C)OC(=O)[C@H](Cn1ccnc1)NC(=O)c1cc2ccccc2n1C. The molecule has 0 saturated carbocycles. The van der Waals surface area contributed by atoms with Crippen molar-refractivity contribution in [3.63, 3.8) is 0 Å². The van der Waals surface area contributed by atoms with Crippen LogP contribution in [-0.2, 0) is 23.1 Å². The predicted octanol–water partition coefficient (Wildman–Crippen LogP) is 2.12. The first-order valence-electron chi connectivity index (χ1n) is 8.47. The third kappa shape index (κ3) is 3.77. The number of esters is 1. The number of benzene rings is 1. The Kier molecular flexibility index (Phi) is 5.06. The molecule has 0 bridgehead atoms. The van der Waals surface area contributed by atoms with E-state index in [9.17, 15) is 9.59 Å². The zero-order valence-corrected chi connectivity index (χ0v) is 15.0. The smallest absolute Gasteiger partial charge is 0.330 e. The van der Waals surface area contributed by atoms with Crippen LogP contribution >= 0.6 is 0 Å². The molecule has 1 amide bonds. The van der Waals surface area contributed by atoms with Crippen molar-refractivity contribution in [2.24, 2.45) is 7.05 Å². The molecule has 0 unspecified atom stereocenters. The number of aryl methyl sites for hydroxylation is 1. The van der Waals surface area contributed by atoms with Crippen LogP contribution < -0.4 is 5.32 Å². The molecule has 7 heteroatoms. The van der Waals surface area contributed by atoms with Gasteiger partial charge in [-0.05, 0) is 26.0 Å². The molecule has 1 N–H and O–H groups in total. The molecule has 26 heavy (non-hydrogen) atoms. The number of hydrogen-bond acceptors (Lipinski definition) is 4. The Morgan fingerprint density at radius 2 is 2.04 bits per heavy atom. The average molecular weight is 354 g/mol. The number of nitrogens with one attached hydrogen (secondary N) is 1. The maximum absolute atomic E-state index is 12.8. The number of fused-ring (bicyclic) bond motifs is 1. The zero-order chi connectivity index (χ0) is 18.7. The maximum atomic E-state index is 12.8. The molecule has 0 aliphatic carbocycles. The molecule has 3 rings (SSSR count). The van der Waals surface area contributed by atoms with Gasteiger partial charge in [-0.15, -0.1) is 0 Å². The lowest BCUT2D eigenvalue weighted by Gasteiger charge is -2.19.